The van der Waals surface area contributed by atoms with E-state index in [4.69, 9.17) is 11.6 Å². The molecule has 0 atom stereocenters. The normalized spacial score (nSPS) is 14.7. The molecule has 7 heteroatoms. The van der Waals surface area contributed by atoms with E-state index in [0.717, 1.165) is 38.0 Å². The number of nitrogens with zero attached hydrogens (tertiary/aromatic N) is 4. The fourth-order valence-corrected chi connectivity index (χ4v) is 3.08. The lowest BCUT2D eigenvalue weighted by Crippen LogP contribution is -2.35. The van der Waals surface area contributed by atoms with E-state index in [0.29, 0.717) is 22.9 Å². The largest absolute Gasteiger partial charge is 0.367 e. The summed E-state index contributed by atoms with van der Waals surface area (Å²) in [7, 11) is 0. The zero-order chi connectivity index (χ0) is 16.9. The molecule has 128 valence electrons. The number of hydrogen-bond acceptors (Lipinski definition) is 4. The molecular weight excluding hydrogens is 326 g/mol. The number of piperidine rings is 1. The molecule has 3 heterocycles. The molecule has 0 bridgehead atoms. The summed E-state index contributed by atoms with van der Waals surface area (Å²) in [6, 6.07) is 1.70. The van der Waals surface area contributed by atoms with Gasteiger partial charge in [-0.05, 0) is 37.8 Å². The average Bonchev–Trinajstić information content (AvgIpc) is 3.02. The van der Waals surface area contributed by atoms with Gasteiger partial charge in [-0.15, -0.1) is 0 Å². The van der Waals surface area contributed by atoms with Crippen molar-refractivity contribution >= 4 is 23.3 Å². The van der Waals surface area contributed by atoms with Gasteiger partial charge >= 0.3 is 0 Å². The third kappa shape index (κ3) is 4.06. The van der Waals surface area contributed by atoms with Crippen LogP contribution in [-0.2, 0) is 6.54 Å². The van der Waals surface area contributed by atoms with Gasteiger partial charge in [0.15, 0.2) is 0 Å². The molecule has 24 heavy (non-hydrogen) atoms. The minimum absolute atomic E-state index is 0.0164. The van der Waals surface area contributed by atoms with Crippen molar-refractivity contribution in [3.63, 3.8) is 0 Å². The Morgan fingerprint density at radius 2 is 2.08 bits per heavy atom. The van der Waals surface area contributed by atoms with Gasteiger partial charge in [-0.3, -0.25) is 9.48 Å². The monoisotopic (exact) mass is 347 g/mol. The highest BCUT2D eigenvalue weighted by molar-refractivity contribution is 6.33. The van der Waals surface area contributed by atoms with Crippen LogP contribution >= 0.6 is 11.6 Å². The van der Waals surface area contributed by atoms with Crippen molar-refractivity contribution in [2.45, 2.75) is 32.7 Å². The van der Waals surface area contributed by atoms with E-state index < -0.39 is 0 Å². The predicted molar refractivity (Wildman–Crippen MR) is 94.5 cm³/mol. The van der Waals surface area contributed by atoms with Crippen LogP contribution < -0.4 is 5.32 Å². The van der Waals surface area contributed by atoms with Crippen LogP contribution in [0.5, 0.6) is 0 Å². The zero-order valence-electron chi connectivity index (χ0n) is 13.8. The quantitative estimate of drug-likeness (QED) is 0.903. The molecule has 1 aliphatic rings. The molecule has 6 nitrogen and oxygen atoms in total. The Bertz CT molecular complexity index is 709. The van der Waals surface area contributed by atoms with E-state index in [1.807, 2.05) is 28.9 Å². The number of halogens is 1. The molecule has 0 aromatic carbocycles. The molecule has 1 N–H and O–H groups in total. The molecule has 3 rings (SSSR count). The summed E-state index contributed by atoms with van der Waals surface area (Å²) in [5.74, 6) is 0.610. The number of amides is 1. The zero-order valence-corrected chi connectivity index (χ0v) is 14.6. The fraction of sp³-hybridized carbons (Fsp3) is 0.471. The molecule has 0 radical (unpaired) electrons. The summed E-state index contributed by atoms with van der Waals surface area (Å²) in [5, 5.41) is 7.89. The summed E-state index contributed by atoms with van der Waals surface area (Å²) in [4.78, 5) is 18.6. The molecule has 1 aliphatic heterocycles. The van der Waals surface area contributed by atoms with Crippen molar-refractivity contribution in [3.8, 4) is 0 Å². The maximum absolute atomic E-state index is 12.5. The second-order valence-corrected chi connectivity index (χ2v) is 6.52. The number of carbonyl (C=O) groups excluding carboxylic acids is 1. The maximum atomic E-state index is 12.5. The summed E-state index contributed by atoms with van der Waals surface area (Å²) in [6.45, 7) is 5.03. The lowest BCUT2D eigenvalue weighted by Gasteiger charge is -2.26. The number of anilines is 1. The number of aryl methyl sites for hydroxylation is 1. The molecule has 0 unspecified atom stereocenters. The van der Waals surface area contributed by atoms with Gasteiger partial charge in [0.25, 0.3) is 5.91 Å². The first-order valence-corrected chi connectivity index (χ1v) is 8.69. The first-order chi connectivity index (χ1) is 11.6. The lowest BCUT2D eigenvalue weighted by molar-refractivity contribution is 0.0724. The van der Waals surface area contributed by atoms with Gasteiger partial charge in [0.05, 0.1) is 23.3 Å². The smallest absolute Gasteiger partial charge is 0.255 e. The highest BCUT2D eigenvalue weighted by Crippen LogP contribution is 2.21. The number of aromatic nitrogens is 3. The number of pyridine rings is 1. The van der Waals surface area contributed by atoms with E-state index in [9.17, 15) is 4.79 Å². The molecule has 1 fully saturated rings. The molecule has 1 saturated heterocycles. The van der Waals surface area contributed by atoms with Gasteiger partial charge in [-0.25, -0.2) is 4.98 Å². The first-order valence-electron chi connectivity index (χ1n) is 8.31. The second kappa shape index (κ2) is 7.66. The van der Waals surface area contributed by atoms with E-state index in [2.05, 4.69) is 15.4 Å². The summed E-state index contributed by atoms with van der Waals surface area (Å²) in [5.41, 5.74) is 1.68. The predicted octanol–water partition coefficient (Wildman–Crippen LogP) is 2.98. The van der Waals surface area contributed by atoms with Crippen LogP contribution in [0.25, 0.3) is 0 Å². The fourth-order valence-electron chi connectivity index (χ4n) is 2.84. The number of carbonyl (C=O) groups is 1. The number of rotatable bonds is 5. The van der Waals surface area contributed by atoms with Gasteiger partial charge in [0, 0.05) is 32.0 Å². The molecule has 2 aromatic rings. The topological polar surface area (TPSA) is 63.1 Å². The third-order valence-corrected chi connectivity index (χ3v) is 4.42. The Hall–Kier alpha value is -2.08. The van der Waals surface area contributed by atoms with Crippen LogP contribution in [0.1, 0.15) is 35.2 Å². The van der Waals surface area contributed by atoms with Gasteiger partial charge < -0.3 is 10.2 Å². The highest BCUT2D eigenvalue weighted by Gasteiger charge is 2.19. The summed E-state index contributed by atoms with van der Waals surface area (Å²) < 4.78 is 1.87. The minimum Gasteiger partial charge on any atom is -0.367 e. The SMILES string of the molecule is Cc1cnn(CCNc2ncc(C(=O)N3CCCCC3)cc2Cl)c1. The minimum atomic E-state index is 0.0164. The summed E-state index contributed by atoms with van der Waals surface area (Å²) >= 11 is 6.28. The molecule has 0 aliphatic carbocycles. The van der Waals surface area contributed by atoms with E-state index in [-0.39, 0.29) is 5.91 Å². The molecule has 0 saturated carbocycles. The number of nitrogens with one attached hydrogen (secondary N) is 1. The average molecular weight is 348 g/mol. The highest BCUT2D eigenvalue weighted by atomic mass is 35.5. The van der Waals surface area contributed by atoms with Crippen LogP contribution in [0.15, 0.2) is 24.7 Å². The molecular formula is C17H22ClN5O. The lowest BCUT2D eigenvalue weighted by atomic mass is 10.1. The van der Waals surface area contributed by atoms with Crippen LogP contribution in [0.2, 0.25) is 5.02 Å². The van der Waals surface area contributed by atoms with Crippen molar-refractivity contribution in [1.29, 1.82) is 0 Å². The van der Waals surface area contributed by atoms with Crippen LogP contribution in [-0.4, -0.2) is 45.2 Å². The van der Waals surface area contributed by atoms with Crippen molar-refractivity contribution in [1.82, 2.24) is 19.7 Å². The number of likely N-dealkylation sites (tertiary alicyclic amines) is 1. The third-order valence-electron chi connectivity index (χ3n) is 4.13. The number of hydrogen-bond donors (Lipinski definition) is 1. The summed E-state index contributed by atoms with van der Waals surface area (Å²) in [6.07, 6.45) is 8.74. The van der Waals surface area contributed by atoms with E-state index in [1.54, 1.807) is 12.3 Å². The van der Waals surface area contributed by atoms with Crippen LogP contribution in [0.4, 0.5) is 5.82 Å². The Kier molecular flexibility index (Phi) is 5.35. The van der Waals surface area contributed by atoms with Crippen molar-refractivity contribution in [2.24, 2.45) is 0 Å². The Labute approximate surface area is 146 Å². The molecule has 2 aromatic heterocycles. The van der Waals surface area contributed by atoms with Crippen molar-refractivity contribution in [2.75, 3.05) is 25.0 Å². The Balaban J connectivity index is 1.58. The first kappa shape index (κ1) is 16.8. The molecule has 0 spiro atoms. The Morgan fingerprint density at radius 1 is 1.29 bits per heavy atom. The van der Waals surface area contributed by atoms with Gasteiger partial charge in [-0.1, -0.05) is 11.6 Å². The standard InChI is InChI=1S/C17H22ClN5O/c1-13-10-21-23(12-13)8-5-19-16-15(18)9-14(11-20-16)17(24)22-6-3-2-4-7-22/h9-12H,2-8H2,1H3,(H,19,20). The van der Waals surface area contributed by atoms with Crippen LogP contribution in [0.3, 0.4) is 0 Å². The maximum Gasteiger partial charge on any atom is 0.255 e. The van der Waals surface area contributed by atoms with Crippen LogP contribution in [0, 0.1) is 6.92 Å². The van der Waals surface area contributed by atoms with Gasteiger partial charge in [0.1, 0.15) is 5.82 Å². The Morgan fingerprint density at radius 3 is 2.75 bits per heavy atom. The molecule has 1 amide bonds. The van der Waals surface area contributed by atoms with E-state index >= 15 is 0 Å². The van der Waals surface area contributed by atoms with Crippen molar-refractivity contribution in [3.05, 3.63) is 40.8 Å². The van der Waals surface area contributed by atoms with Gasteiger partial charge in [0.2, 0.25) is 0 Å². The van der Waals surface area contributed by atoms with E-state index in [1.165, 1.54) is 6.42 Å². The second-order valence-electron chi connectivity index (χ2n) is 6.11. The van der Waals surface area contributed by atoms with Gasteiger partial charge in [-0.2, -0.15) is 5.10 Å². The van der Waals surface area contributed by atoms with Crippen molar-refractivity contribution < 1.29 is 4.79 Å².